The van der Waals surface area contributed by atoms with E-state index in [2.05, 4.69) is 33.9 Å². The molecule has 0 aromatic heterocycles. The Bertz CT molecular complexity index is 326. The van der Waals surface area contributed by atoms with Crippen molar-refractivity contribution in [3.05, 3.63) is 0 Å². The van der Waals surface area contributed by atoms with Crippen LogP contribution in [0, 0.1) is 17.8 Å². The average Bonchev–Trinajstić information content (AvgIpc) is 2.79. The molecule has 112 valence electrons. The molecule has 1 heterocycles. The quantitative estimate of drug-likeness (QED) is 0.780. The molecule has 0 aromatic rings. The Morgan fingerprint density at radius 2 is 1.89 bits per heavy atom. The molecular weight excluding hydrogens is 260 g/mol. The highest BCUT2D eigenvalue weighted by Gasteiger charge is 2.53. The number of hydrogen-bond donors (Lipinski definition) is 2. The molecule has 2 aliphatic rings. The summed E-state index contributed by atoms with van der Waals surface area (Å²) in [6.45, 7) is 11.8. The molecule has 2 fully saturated rings. The number of aliphatic hydroxyl groups is 2. The maximum atomic E-state index is 9.84. The molecule has 0 spiro atoms. The molecule has 0 bridgehead atoms. The first kappa shape index (κ1) is 15.4. The highest BCUT2D eigenvalue weighted by molar-refractivity contribution is 6.74. The smallest absolute Gasteiger partial charge is 0.192 e. The Morgan fingerprint density at radius 1 is 1.26 bits per heavy atom. The largest absolute Gasteiger partial charge is 0.413 e. The molecule has 0 unspecified atom stereocenters. The molecular formula is C14H28O4Si. The molecule has 0 amide bonds. The predicted octanol–water partition coefficient (Wildman–Crippen LogP) is 1.97. The normalized spacial score (nSPS) is 39.6. The number of fused-ring (bicyclic) bond motifs is 1. The second-order valence-corrected chi connectivity index (χ2v) is 12.3. The Balaban J connectivity index is 2.14. The highest BCUT2D eigenvalue weighted by Crippen LogP contribution is 2.48. The fraction of sp³-hybridized carbons (Fsp3) is 1.00. The lowest BCUT2D eigenvalue weighted by Crippen LogP contribution is -2.47. The van der Waals surface area contributed by atoms with E-state index in [1.165, 1.54) is 0 Å². The van der Waals surface area contributed by atoms with Crippen molar-refractivity contribution in [2.24, 2.45) is 17.8 Å². The van der Waals surface area contributed by atoms with Crippen LogP contribution in [0.4, 0.5) is 0 Å². The lowest BCUT2D eigenvalue weighted by atomic mass is 9.98. The van der Waals surface area contributed by atoms with Gasteiger partial charge in [-0.1, -0.05) is 20.8 Å². The van der Waals surface area contributed by atoms with Crippen LogP contribution in [-0.2, 0) is 9.16 Å². The minimum atomic E-state index is -1.86. The van der Waals surface area contributed by atoms with Crippen LogP contribution in [0.3, 0.4) is 0 Å². The molecule has 0 aromatic carbocycles. The van der Waals surface area contributed by atoms with Crippen molar-refractivity contribution in [3.63, 3.8) is 0 Å². The van der Waals surface area contributed by atoms with Crippen LogP contribution in [0.25, 0.3) is 0 Å². The van der Waals surface area contributed by atoms with Gasteiger partial charge in [-0.25, -0.2) is 0 Å². The lowest BCUT2D eigenvalue weighted by Gasteiger charge is -2.41. The van der Waals surface area contributed by atoms with E-state index in [0.29, 0.717) is 6.61 Å². The van der Waals surface area contributed by atoms with Crippen LogP contribution in [0.5, 0.6) is 0 Å². The van der Waals surface area contributed by atoms with Gasteiger partial charge >= 0.3 is 0 Å². The SMILES string of the molecule is CC(C)(C)[Si](C)(C)O[C@@H]1[C@@H](CO)C[C@@H]2[C@H]1CO[C@H]2O. The molecule has 19 heavy (non-hydrogen) atoms. The second kappa shape index (κ2) is 5.11. The molecule has 1 saturated heterocycles. The summed E-state index contributed by atoms with van der Waals surface area (Å²) in [6, 6.07) is 0. The van der Waals surface area contributed by atoms with Crippen molar-refractivity contribution in [2.45, 2.75) is 57.7 Å². The first-order valence-electron chi connectivity index (χ1n) is 7.25. The Morgan fingerprint density at radius 3 is 2.42 bits per heavy atom. The van der Waals surface area contributed by atoms with E-state index < -0.39 is 14.6 Å². The summed E-state index contributed by atoms with van der Waals surface area (Å²) in [5.41, 5.74) is 0. The number of ether oxygens (including phenoxy) is 1. The molecule has 2 rings (SSSR count). The van der Waals surface area contributed by atoms with E-state index in [4.69, 9.17) is 9.16 Å². The van der Waals surface area contributed by atoms with Crippen molar-refractivity contribution in [1.29, 1.82) is 0 Å². The average molecular weight is 288 g/mol. The fourth-order valence-corrected chi connectivity index (χ4v) is 4.41. The molecule has 0 radical (unpaired) electrons. The van der Waals surface area contributed by atoms with Crippen LogP contribution >= 0.6 is 0 Å². The van der Waals surface area contributed by atoms with Crippen molar-refractivity contribution in [2.75, 3.05) is 13.2 Å². The van der Waals surface area contributed by atoms with E-state index >= 15 is 0 Å². The van der Waals surface area contributed by atoms with E-state index in [1.54, 1.807) is 0 Å². The molecule has 1 saturated carbocycles. The third-order valence-corrected chi connectivity index (χ3v) is 9.78. The number of hydrogen-bond acceptors (Lipinski definition) is 4. The van der Waals surface area contributed by atoms with E-state index in [1.807, 2.05) is 0 Å². The fourth-order valence-electron chi connectivity index (χ4n) is 3.01. The van der Waals surface area contributed by atoms with Gasteiger partial charge in [-0.3, -0.25) is 0 Å². The van der Waals surface area contributed by atoms with Gasteiger partial charge in [0.15, 0.2) is 14.6 Å². The summed E-state index contributed by atoms with van der Waals surface area (Å²) in [5, 5.41) is 19.6. The summed E-state index contributed by atoms with van der Waals surface area (Å²) >= 11 is 0. The van der Waals surface area contributed by atoms with E-state index in [9.17, 15) is 10.2 Å². The lowest BCUT2D eigenvalue weighted by molar-refractivity contribution is -0.0871. The van der Waals surface area contributed by atoms with Crippen molar-refractivity contribution < 1.29 is 19.4 Å². The monoisotopic (exact) mass is 288 g/mol. The maximum absolute atomic E-state index is 9.84. The Hall–Kier alpha value is 0.0569. The summed E-state index contributed by atoms with van der Waals surface area (Å²) in [6.07, 6.45) is 0.168. The number of rotatable bonds is 3. The van der Waals surface area contributed by atoms with Crippen LogP contribution < -0.4 is 0 Å². The van der Waals surface area contributed by atoms with E-state index in [0.717, 1.165) is 6.42 Å². The van der Waals surface area contributed by atoms with Gasteiger partial charge in [0.25, 0.3) is 0 Å². The molecule has 2 N–H and O–H groups in total. The topological polar surface area (TPSA) is 58.9 Å². The van der Waals surface area contributed by atoms with Crippen LogP contribution in [0.15, 0.2) is 0 Å². The summed E-state index contributed by atoms with van der Waals surface area (Å²) < 4.78 is 11.9. The third-order valence-electron chi connectivity index (χ3n) is 5.31. The molecule has 5 heteroatoms. The van der Waals surface area contributed by atoms with Crippen molar-refractivity contribution >= 4 is 8.32 Å². The van der Waals surface area contributed by atoms with Gasteiger partial charge in [0, 0.05) is 24.4 Å². The summed E-state index contributed by atoms with van der Waals surface area (Å²) in [4.78, 5) is 0. The van der Waals surface area contributed by atoms with Gasteiger partial charge in [-0.05, 0) is 24.6 Å². The Kier molecular flexibility index (Phi) is 4.16. The van der Waals surface area contributed by atoms with Gasteiger partial charge in [0.1, 0.15) is 0 Å². The highest BCUT2D eigenvalue weighted by atomic mass is 28.4. The zero-order chi connectivity index (χ0) is 14.4. The molecule has 1 aliphatic carbocycles. The standard InChI is InChI=1S/C14H28O4Si/c1-14(2,3)19(4,5)18-12-9(7-15)6-10-11(12)8-17-13(10)16/h9-13,15-16H,6-8H2,1-5H3/t9-,10-,11-,12-,13-/m1/s1. The number of aliphatic hydroxyl groups excluding tert-OH is 2. The first-order chi connectivity index (χ1) is 8.67. The molecule has 5 atom stereocenters. The van der Waals surface area contributed by atoms with Crippen LogP contribution in [-0.4, -0.2) is 44.1 Å². The van der Waals surface area contributed by atoms with E-state index in [-0.39, 0.29) is 35.5 Å². The van der Waals surface area contributed by atoms with Gasteiger partial charge in [0.2, 0.25) is 0 Å². The van der Waals surface area contributed by atoms with Crippen molar-refractivity contribution in [1.82, 2.24) is 0 Å². The zero-order valence-electron chi connectivity index (χ0n) is 12.7. The predicted molar refractivity (Wildman–Crippen MR) is 76.2 cm³/mol. The summed E-state index contributed by atoms with van der Waals surface area (Å²) in [7, 11) is -1.86. The Labute approximate surface area is 117 Å². The molecule has 1 aliphatic heterocycles. The van der Waals surface area contributed by atoms with Gasteiger partial charge in [0.05, 0.1) is 12.7 Å². The van der Waals surface area contributed by atoms with Crippen LogP contribution in [0.2, 0.25) is 18.1 Å². The van der Waals surface area contributed by atoms with Gasteiger partial charge in [-0.2, -0.15) is 0 Å². The van der Waals surface area contributed by atoms with Crippen LogP contribution in [0.1, 0.15) is 27.2 Å². The maximum Gasteiger partial charge on any atom is 0.192 e. The zero-order valence-corrected chi connectivity index (χ0v) is 13.7. The third kappa shape index (κ3) is 2.76. The summed E-state index contributed by atoms with van der Waals surface area (Å²) in [5.74, 6) is 0.510. The minimum Gasteiger partial charge on any atom is -0.413 e. The van der Waals surface area contributed by atoms with Gasteiger partial charge in [-0.15, -0.1) is 0 Å². The van der Waals surface area contributed by atoms with Crippen molar-refractivity contribution in [3.8, 4) is 0 Å². The van der Waals surface area contributed by atoms with Gasteiger partial charge < -0.3 is 19.4 Å². The first-order valence-corrected chi connectivity index (χ1v) is 10.2. The minimum absolute atomic E-state index is 0.0352. The second-order valence-electron chi connectivity index (χ2n) is 7.57. The molecule has 4 nitrogen and oxygen atoms in total.